The fourth-order valence-corrected chi connectivity index (χ4v) is 2.72. The van der Waals surface area contributed by atoms with Crippen molar-refractivity contribution >= 4 is 32.5 Å². The van der Waals surface area contributed by atoms with Crippen LogP contribution in [0.3, 0.4) is 0 Å². The first-order chi connectivity index (χ1) is 8.69. The van der Waals surface area contributed by atoms with Crippen LogP contribution in [0.15, 0.2) is 28.9 Å². The molecule has 18 heavy (non-hydrogen) atoms. The van der Waals surface area contributed by atoms with Gasteiger partial charge in [0.15, 0.2) is 0 Å². The molecule has 2 aromatic rings. The van der Waals surface area contributed by atoms with Crippen molar-refractivity contribution in [3.8, 4) is 0 Å². The van der Waals surface area contributed by atoms with Crippen molar-refractivity contribution in [2.45, 2.75) is 33.2 Å². The minimum absolute atomic E-state index is 0.717. The first kappa shape index (κ1) is 13.4. The summed E-state index contributed by atoms with van der Waals surface area (Å²) in [4.78, 5) is 0. The molecule has 0 saturated heterocycles. The molecule has 0 bridgehead atoms. The van der Waals surface area contributed by atoms with E-state index in [1.54, 1.807) is 0 Å². The van der Waals surface area contributed by atoms with Gasteiger partial charge in [-0.05, 0) is 24.1 Å². The van der Waals surface area contributed by atoms with Gasteiger partial charge in [-0.25, -0.2) is 0 Å². The first-order valence-corrected chi connectivity index (χ1v) is 7.23. The Kier molecular flexibility index (Phi) is 4.30. The molecule has 0 saturated carbocycles. The van der Waals surface area contributed by atoms with Gasteiger partial charge >= 0.3 is 0 Å². The van der Waals surface area contributed by atoms with E-state index >= 15 is 0 Å². The van der Waals surface area contributed by atoms with Crippen molar-refractivity contribution in [2.24, 2.45) is 11.8 Å². The summed E-state index contributed by atoms with van der Waals surface area (Å²) in [5.74, 6) is 6.31. The van der Waals surface area contributed by atoms with Crippen molar-refractivity contribution < 1.29 is 0 Å². The molecule has 0 aliphatic carbocycles. The fraction of sp³-hybridized carbons (Fsp3) is 0.429. The number of nitrogen functional groups attached to an aromatic ring is 1. The number of hydrazine groups is 1. The van der Waals surface area contributed by atoms with Crippen molar-refractivity contribution in [3.63, 3.8) is 0 Å². The van der Waals surface area contributed by atoms with Crippen molar-refractivity contribution in [3.05, 3.63) is 28.9 Å². The minimum atomic E-state index is 0.717. The summed E-state index contributed by atoms with van der Waals surface area (Å²) in [6, 6.07) is 6.32. The van der Waals surface area contributed by atoms with E-state index < -0.39 is 0 Å². The van der Waals surface area contributed by atoms with Gasteiger partial charge in [0.05, 0.1) is 11.2 Å². The Labute approximate surface area is 116 Å². The van der Waals surface area contributed by atoms with Crippen LogP contribution in [0.25, 0.3) is 10.9 Å². The van der Waals surface area contributed by atoms with Gasteiger partial charge in [0.1, 0.15) is 0 Å². The number of nitrogens with one attached hydrogen (secondary N) is 1. The molecule has 3 N–H and O–H groups in total. The number of rotatable bonds is 5. The summed E-state index contributed by atoms with van der Waals surface area (Å²) >= 11 is 3.51. The summed E-state index contributed by atoms with van der Waals surface area (Å²) in [6.45, 7) is 5.55. The molecule has 1 aromatic heterocycles. The summed E-state index contributed by atoms with van der Waals surface area (Å²) in [6.07, 6.45) is 4.52. The van der Waals surface area contributed by atoms with Gasteiger partial charge in [-0.1, -0.05) is 42.6 Å². The van der Waals surface area contributed by atoms with Crippen LogP contribution < -0.4 is 11.3 Å². The number of hydrogen-bond donors (Lipinski definition) is 2. The lowest BCUT2D eigenvalue weighted by molar-refractivity contribution is 0.425. The van der Waals surface area contributed by atoms with E-state index in [-0.39, 0.29) is 0 Å². The van der Waals surface area contributed by atoms with E-state index in [4.69, 9.17) is 5.84 Å². The minimum Gasteiger partial charge on any atom is -0.345 e. The number of fused-ring (bicyclic) bond motifs is 1. The second-order valence-corrected chi connectivity index (χ2v) is 5.60. The standard InChI is InChI=1S/C14H20BrN3/c1-3-10(4-2)8-18-9-13(17-16)12-7-11(15)5-6-14(12)18/h5-7,9-10,17H,3-4,8,16H2,1-2H3. The number of anilines is 1. The second kappa shape index (κ2) is 5.76. The third-order valence-corrected chi connectivity index (χ3v) is 4.10. The third kappa shape index (κ3) is 2.54. The van der Waals surface area contributed by atoms with Crippen LogP contribution in [-0.4, -0.2) is 4.57 Å². The first-order valence-electron chi connectivity index (χ1n) is 6.44. The zero-order valence-electron chi connectivity index (χ0n) is 10.9. The Hall–Kier alpha value is -1.00. The largest absolute Gasteiger partial charge is 0.345 e. The molecule has 0 fully saturated rings. The lowest BCUT2D eigenvalue weighted by Crippen LogP contribution is -2.09. The lowest BCUT2D eigenvalue weighted by Gasteiger charge is -2.14. The predicted molar refractivity (Wildman–Crippen MR) is 81.5 cm³/mol. The van der Waals surface area contributed by atoms with E-state index in [2.05, 4.69) is 64.2 Å². The number of aromatic nitrogens is 1. The van der Waals surface area contributed by atoms with Crippen LogP contribution in [0, 0.1) is 5.92 Å². The summed E-state index contributed by atoms with van der Waals surface area (Å²) in [7, 11) is 0. The molecule has 1 aromatic carbocycles. The number of nitrogens with two attached hydrogens (primary N) is 1. The Morgan fingerprint density at radius 1 is 1.33 bits per heavy atom. The topological polar surface area (TPSA) is 43.0 Å². The molecule has 0 spiro atoms. The second-order valence-electron chi connectivity index (χ2n) is 4.68. The highest BCUT2D eigenvalue weighted by atomic mass is 79.9. The van der Waals surface area contributed by atoms with Gasteiger partial charge in [0.2, 0.25) is 0 Å². The molecule has 98 valence electrons. The third-order valence-electron chi connectivity index (χ3n) is 3.61. The average molecular weight is 310 g/mol. The van der Waals surface area contributed by atoms with Gasteiger partial charge in [0, 0.05) is 22.6 Å². The van der Waals surface area contributed by atoms with E-state index in [1.807, 2.05) is 0 Å². The maximum atomic E-state index is 5.60. The van der Waals surface area contributed by atoms with Gasteiger partial charge in [-0.15, -0.1) is 0 Å². The maximum absolute atomic E-state index is 5.60. The Balaban J connectivity index is 2.44. The van der Waals surface area contributed by atoms with E-state index in [0.29, 0.717) is 0 Å². The molecule has 0 radical (unpaired) electrons. The quantitative estimate of drug-likeness (QED) is 0.644. The van der Waals surface area contributed by atoms with Crippen LogP contribution in [0.4, 0.5) is 5.69 Å². The molecule has 2 rings (SSSR count). The van der Waals surface area contributed by atoms with Crippen LogP contribution in [0.5, 0.6) is 0 Å². The average Bonchev–Trinajstić information content (AvgIpc) is 2.73. The maximum Gasteiger partial charge on any atom is 0.0742 e. The summed E-state index contributed by atoms with van der Waals surface area (Å²) in [5, 5.41) is 1.16. The van der Waals surface area contributed by atoms with Gasteiger partial charge in [-0.2, -0.15) is 0 Å². The highest BCUT2D eigenvalue weighted by molar-refractivity contribution is 9.10. The van der Waals surface area contributed by atoms with E-state index in [9.17, 15) is 0 Å². The van der Waals surface area contributed by atoms with Gasteiger partial charge in [-0.3, -0.25) is 5.84 Å². The molecule has 0 aliphatic rings. The Bertz CT molecular complexity index is 529. The number of benzene rings is 1. The molecular formula is C14H20BrN3. The molecule has 4 heteroatoms. The molecule has 0 amide bonds. The number of hydrogen-bond acceptors (Lipinski definition) is 2. The highest BCUT2D eigenvalue weighted by Gasteiger charge is 2.11. The van der Waals surface area contributed by atoms with Crippen molar-refractivity contribution in [1.82, 2.24) is 4.57 Å². The lowest BCUT2D eigenvalue weighted by atomic mass is 10.0. The molecule has 0 unspecified atom stereocenters. The fourth-order valence-electron chi connectivity index (χ4n) is 2.36. The van der Waals surface area contributed by atoms with Gasteiger partial charge in [0.25, 0.3) is 0 Å². The molecule has 3 nitrogen and oxygen atoms in total. The SMILES string of the molecule is CCC(CC)Cn1cc(NN)c2cc(Br)ccc21. The van der Waals surface area contributed by atoms with E-state index in [1.165, 1.54) is 18.4 Å². The molecule has 0 atom stereocenters. The molecule has 1 heterocycles. The van der Waals surface area contributed by atoms with Crippen molar-refractivity contribution in [2.75, 3.05) is 5.43 Å². The number of nitrogens with zero attached hydrogens (tertiary/aromatic N) is 1. The number of halogens is 1. The summed E-state index contributed by atoms with van der Waals surface area (Å²) < 4.78 is 3.38. The zero-order chi connectivity index (χ0) is 13.1. The normalized spacial score (nSPS) is 11.4. The predicted octanol–water partition coefficient (Wildman–Crippen LogP) is 4.13. The van der Waals surface area contributed by atoms with Crippen LogP contribution in [-0.2, 0) is 6.54 Å². The van der Waals surface area contributed by atoms with Crippen LogP contribution in [0.2, 0.25) is 0 Å². The van der Waals surface area contributed by atoms with Crippen LogP contribution in [0.1, 0.15) is 26.7 Å². The van der Waals surface area contributed by atoms with Crippen LogP contribution >= 0.6 is 15.9 Å². The van der Waals surface area contributed by atoms with Crippen molar-refractivity contribution in [1.29, 1.82) is 0 Å². The Morgan fingerprint density at radius 2 is 2.06 bits per heavy atom. The highest BCUT2D eigenvalue weighted by Crippen LogP contribution is 2.29. The zero-order valence-corrected chi connectivity index (χ0v) is 12.5. The Morgan fingerprint density at radius 3 is 2.67 bits per heavy atom. The monoisotopic (exact) mass is 309 g/mol. The smallest absolute Gasteiger partial charge is 0.0742 e. The van der Waals surface area contributed by atoms with Gasteiger partial charge < -0.3 is 9.99 Å². The van der Waals surface area contributed by atoms with E-state index in [0.717, 1.165) is 28.0 Å². The molecular weight excluding hydrogens is 290 g/mol. The summed E-state index contributed by atoms with van der Waals surface area (Å²) in [5.41, 5.74) is 5.00. The molecule has 0 aliphatic heterocycles.